The Balaban J connectivity index is 1.64. The molecule has 1 aliphatic heterocycles. The van der Waals surface area contributed by atoms with Gasteiger partial charge in [-0.2, -0.15) is 0 Å². The van der Waals surface area contributed by atoms with Crippen LogP contribution in [0.15, 0.2) is 10.7 Å². The first-order chi connectivity index (χ1) is 9.19. The third kappa shape index (κ3) is 4.02. The van der Waals surface area contributed by atoms with Gasteiger partial charge in [0.1, 0.15) is 6.10 Å². The van der Waals surface area contributed by atoms with Crippen LogP contribution in [0.25, 0.3) is 0 Å². The van der Waals surface area contributed by atoms with E-state index in [0.717, 1.165) is 30.7 Å². The lowest BCUT2D eigenvalue weighted by molar-refractivity contribution is -0.121. The molecule has 0 spiro atoms. The van der Waals surface area contributed by atoms with Gasteiger partial charge in [-0.25, -0.2) is 4.98 Å². The number of carbonyl (C=O) groups is 1. The summed E-state index contributed by atoms with van der Waals surface area (Å²) in [7, 11) is 0. The van der Waals surface area contributed by atoms with Gasteiger partial charge in [-0.3, -0.25) is 4.79 Å². The summed E-state index contributed by atoms with van der Waals surface area (Å²) in [4.78, 5) is 22.3. The van der Waals surface area contributed by atoms with Crippen molar-refractivity contribution in [1.29, 1.82) is 0 Å². The van der Waals surface area contributed by atoms with E-state index in [4.69, 9.17) is 4.84 Å². The van der Waals surface area contributed by atoms with E-state index >= 15 is 0 Å². The fraction of sp³-hybridized carbons (Fsp3) is 0.615. The molecule has 0 aromatic carbocycles. The van der Waals surface area contributed by atoms with Crippen molar-refractivity contribution in [2.24, 2.45) is 5.16 Å². The van der Waals surface area contributed by atoms with Gasteiger partial charge in [0.15, 0.2) is 0 Å². The molecule has 5 nitrogen and oxygen atoms in total. The maximum atomic E-state index is 11.7. The molecule has 6 heteroatoms. The highest BCUT2D eigenvalue weighted by molar-refractivity contribution is 7.09. The summed E-state index contributed by atoms with van der Waals surface area (Å²) in [5.41, 5.74) is 3.91. The van der Waals surface area contributed by atoms with E-state index in [2.05, 4.69) is 22.4 Å². The zero-order valence-corrected chi connectivity index (χ0v) is 12.1. The minimum absolute atomic E-state index is 0.00374. The Morgan fingerprint density at radius 3 is 3.11 bits per heavy atom. The molecule has 1 atom stereocenters. The van der Waals surface area contributed by atoms with Gasteiger partial charge in [-0.15, -0.1) is 11.3 Å². The average molecular weight is 281 g/mol. The van der Waals surface area contributed by atoms with Crippen LogP contribution in [0.2, 0.25) is 0 Å². The molecular formula is C13H19N3O2S. The summed E-state index contributed by atoms with van der Waals surface area (Å²) in [6.07, 6.45) is 2.99. The first-order valence-corrected chi connectivity index (χ1v) is 7.44. The third-order valence-electron chi connectivity index (χ3n) is 3.15. The molecule has 2 heterocycles. The normalized spacial score (nSPS) is 18.0. The second-order valence-electron chi connectivity index (χ2n) is 4.61. The number of aryl methyl sites for hydroxylation is 2. The Morgan fingerprint density at radius 2 is 2.47 bits per heavy atom. The van der Waals surface area contributed by atoms with Crippen molar-refractivity contribution in [3.05, 3.63) is 16.1 Å². The van der Waals surface area contributed by atoms with E-state index in [1.54, 1.807) is 11.3 Å². The minimum atomic E-state index is 0.00374. The number of thiazole rings is 1. The van der Waals surface area contributed by atoms with E-state index in [-0.39, 0.29) is 12.0 Å². The Hall–Kier alpha value is -1.43. The number of rotatable bonds is 6. The van der Waals surface area contributed by atoms with Crippen molar-refractivity contribution >= 4 is 23.0 Å². The molecule has 1 N–H and O–H groups in total. The molecule has 0 unspecified atom stereocenters. The Kier molecular flexibility index (Phi) is 4.90. The quantitative estimate of drug-likeness (QED) is 0.868. The average Bonchev–Trinajstić information content (AvgIpc) is 3.02. The lowest BCUT2D eigenvalue weighted by Gasteiger charge is -2.09. The van der Waals surface area contributed by atoms with E-state index in [1.165, 1.54) is 4.88 Å². The zero-order valence-electron chi connectivity index (χ0n) is 11.3. The van der Waals surface area contributed by atoms with Gasteiger partial charge in [-0.05, 0) is 19.8 Å². The monoisotopic (exact) mass is 281 g/mol. The summed E-state index contributed by atoms with van der Waals surface area (Å²) in [6, 6.07) is 0. The summed E-state index contributed by atoms with van der Waals surface area (Å²) < 4.78 is 0. The molecule has 2 rings (SSSR count). The largest absolute Gasteiger partial charge is 0.390 e. The van der Waals surface area contributed by atoms with E-state index in [0.29, 0.717) is 13.0 Å². The van der Waals surface area contributed by atoms with Crippen LogP contribution in [0.1, 0.15) is 36.8 Å². The van der Waals surface area contributed by atoms with Gasteiger partial charge in [0.05, 0.1) is 23.5 Å². The van der Waals surface area contributed by atoms with Gasteiger partial charge in [0.2, 0.25) is 5.91 Å². The number of hydrogen-bond donors (Lipinski definition) is 1. The van der Waals surface area contributed by atoms with E-state index in [1.807, 2.05) is 12.4 Å². The van der Waals surface area contributed by atoms with Crippen LogP contribution in [0.5, 0.6) is 0 Å². The molecule has 19 heavy (non-hydrogen) atoms. The van der Waals surface area contributed by atoms with Gasteiger partial charge < -0.3 is 10.2 Å². The molecule has 1 aromatic heterocycles. The smallest absolute Gasteiger partial charge is 0.220 e. The highest BCUT2D eigenvalue weighted by Gasteiger charge is 2.20. The maximum absolute atomic E-state index is 11.7. The zero-order chi connectivity index (χ0) is 13.7. The molecule has 0 bridgehead atoms. The Morgan fingerprint density at radius 1 is 1.63 bits per heavy atom. The van der Waals surface area contributed by atoms with Crippen LogP contribution in [-0.4, -0.2) is 29.3 Å². The summed E-state index contributed by atoms with van der Waals surface area (Å²) >= 11 is 1.60. The fourth-order valence-corrected chi connectivity index (χ4v) is 2.70. The Labute approximate surface area is 117 Å². The number of aromatic nitrogens is 1. The van der Waals surface area contributed by atoms with Crippen molar-refractivity contribution < 1.29 is 9.63 Å². The molecule has 104 valence electrons. The molecule has 1 amide bonds. The maximum Gasteiger partial charge on any atom is 0.220 e. The van der Waals surface area contributed by atoms with Gasteiger partial charge in [0.25, 0.3) is 0 Å². The van der Waals surface area contributed by atoms with Crippen LogP contribution in [0, 0.1) is 6.92 Å². The number of hydrogen-bond acceptors (Lipinski definition) is 5. The number of oxime groups is 1. The summed E-state index contributed by atoms with van der Waals surface area (Å²) in [6.45, 7) is 4.56. The van der Waals surface area contributed by atoms with Crippen molar-refractivity contribution in [2.45, 2.75) is 45.6 Å². The van der Waals surface area contributed by atoms with E-state index in [9.17, 15) is 4.79 Å². The highest BCUT2D eigenvalue weighted by atomic mass is 32.1. The molecule has 0 saturated heterocycles. The van der Waals surface area contributed by atoms with Gasteiger partial charge >= 0.3 is 0 Å². The summed E-state index contributed by atoms with van der Waals surface area (Å²) in [5.74, 6) is 0.0568. The Bertz CT molecular complexity index is 470. The molecule has 1 aliphatic rings. The third-order valence-corrected chi connectivity index (χ3v) is 4.15. The van der Waals surface area contributed by atoms with Gasteiger partial charge in [-0.1, -0.05) is 12.1 Å². The van der Waals surface area contributed by atoms with Crippen LogP contribution in [0.4, 0.5) is 0 Å². The standard InChI is InChI=1S/C13H19N3O2S/c1-3-10-6-11(18-16-10)7-14-13(17)5-4-12-9(2)15-8-19-12/h8,11H,3-7H2,1-2H3,(H,14,17)/t11-/m0/s1. The van der Waals surface area contributed by atoms with Crippen molar-refractivity contribution in [3.8, 4) is 0 Å². The molecular weight excluding hydrogens is 262 g/mol. The topological polar surface area (TPSA) is 63.6 Å². The second kappa shape index (κ2) is 6.65. The van der Waals surface area contributed by atoms with Crippen LogP contribution < -0.4 is 5.32 Å². The molecule has 0 fully saturated rings. The lowest BCUT2D eigenvalue weighted by Crippen LogP contribution is -2.32. The van der Waals surface area contributed by atoms with Crippen molar-refractivity contribution in [1.82, 2.24) is 10.3 Å². The molecule has 0 saturated carbocycles. The SMILES string of the molecule is CCC1=NO[C@H](CNC(=O)CCc2scnc2C)C1. The predicted octanol–water partition coefficient (Wildman–Crippen LogP) is 2.06. The van der Waals surface area contributed by atoms with E-state index < -0.39 is 0 Å². The minimum Gasteiger partial charge on any atom is -0.390 e. The molecule has 0 radical (unpaired) electrons. The summed E-state index contributed by atoms with van der Waals surface area (Å²) in [5, 5.41) is 6.87. The van der Waals surface area contributed by atoms with Crippen LogP contribution in [-0.2, 0) is 16.1 Å². The molecule has 0 aliphatic carbocycles. The van der Waals surface area contributed by atoms with Crippen LogP contribution >= 0.6 is 11.3 Å². The highest BCUT2D eigenvalue weighted by Crippen LogP contribution is 2.14. The van der Waals surface area contributed by atoms with Crippen LogP contribution in [0.3, 0.4) is 0 Å². The second-order valence-corrected chi connectivity index (χ2v) is 5.55. The number of nitrogens with zero attached hydrogens (tertiary/aromatic N) is 2. The molecule has 1 aromatic rings. The first kappa shape index (κ1) is 14.0. The predicted molar refractivity (Wildman–Crippen MR) is 75.4 cm³/mol. The van der Waals surface area contributed by atoms with Crippen molar-refractivity contribution in [3.63, 3.8) is 0 Å². The first-order valence-electron chi connectivity index (χ1n) is 6.56. The lowest BCUT2D eigenvalue weighted by atomic mass is 10.1. The van der Waals surface area contributed by atoms with Crippen molar-refractivity contribution in [2.75, 3.05) is 6.54 Å². The fourth-order valence-electron chi connectivity index (χ4n) is 1.91. The number of nitrogens with one attached hydrogen (secondary N) is 1. The number of carbonyl (C=O) groups excluding carboxylic acids is 1. The van der Waals surface area contributed by atoms with Gasteiger partial charge in [0, 0.05) is 17.7 Å². The number of amides is 1.